The number of benzene rings is 2. The predicted octanol–water partition coefficient (Wildman–Crippen LogP) is 4.91. The first-order chi connectivity index (χ1) is 10.4. The highest BCUT2D eigenvalue weighted by Gasteiger charge is 2.64. The molecule has 2 saturated carbocycles. The van der Waals surface area contributed by atoms with Gasteiger partial charge in [0.25, 0.3) is 0 Å². The summed E-state index contributed by atoms with van der Waals surface area (Å²) in [4.78, 5) is 0. The molecule has 0 N–H and O–H groups in total. The van der Waals surface area contributed by atoms with E-state index in [9.17, 15) is 0 Å². The molecule has 0 aromatic heterocycles. The van der Waals surface area contributed by atoms with Crippen LogP contribution in [0.15, 0.2) is 60.7 Å². The van der Waals surface area contributed by atoms with Crippen LogP contribution in [0.3, 0.4) is 0 Å². The minimum Gasteiger partial charge on any atom is -0.512 e. The maximum Gasteiger partial charge on any atom is 0.466 e. The van der Waals surface area contributed by atoms with Gasteiger partial charge in [0, 0.05) is 11.1 Å². The molecule has 0 aliphatic heterocycles. The van der Waals surface area contributed by atoms with Crippen molar-refractivity contribution in [2.45, 2.75) is 36.8 Å². The molecule has 2 aromatic carbocycles. The van der Waals surface area contributed by atoms with Gasteiger partial charge in [-0.2, -0.15) is 0 Å². The van der Waals surface area contributed by atoms with E-state index in [1.165, 1.54) is 25.7 Å². The Balaban J connectivity index is 1.65. The second-order valence-corrected chi connectivity index (χ2v) is 9.58. The Labute approximate surface area is 127 Å². The molecule has 2 aliphatic rings. The molecule has 21 heavy (non-hydrogen) atoms. The molecule has 0 radical (unpaired) electrons. The maximum absolute atomic E-state index is 6.57. The van der Waals surface area contributed by atoms with Crippen molar-refractivity contribution >= 4 is 8.56 Å². The molecule has 2 aromatic rings. The minimum atomic E-state index is -2.21. The van der Waals surface area contributed by atoms with Crippen molar-refractivity contribution in [1.29, 1.82) is 0 Å². The van der Waals surface area contributed by atoms with Crippen molar-refractivity contribution in [2.75, 3.05) is 0 Å². The fraction of sp³-hybridized carbons (Fsp3) is 0.333. The number of rotatable bonds is 6. The molecule has 0 amide bonds. The molecule has 2 aliphatic carbocycles. The molecule has 108 valence electrons. The van der Waals surface area contributed by atoms with Crippen LogP contribution >= 0.6 is 0 Å². The third-order valence-corrected chi connectivity index (χ3v) is 8.87. The molecule has 0 heterocycles. The molecular formula is C18H20O2Si. The second-order valence-electron chi connectivity index (χ2n) is 6.10. The van der Waals surface area contributed by atoms with Crippen LogP contribution in [0.4, 0.5) is 0 Å². The number of hydrogen-bond donors (Lipinski definition) is 0. The van der Waals surface area contributed by atoms with Crippen LogP contribution in [0.25, 0.3) is 0 Å². The SMILES string of the molecule is c1ccc(O[Si](Oc2ccccc2)(C2CC2)C2CC2)cc1. The predicted molar refractivity (Wildman–Crippen MR) is 85.9 cm³/mol. The third kappa shape index (κ3) is 2.70. The third-order valence-electron chi connectivity index (χ3n) is 4.33. The van der Waals surface area contributed by atoms with E-state index in [1.54, 1.807) is 0 Å². The van der Waals surface area contributed by atoms with E-state index < -0.39 is 8.56 Å². The van der Waals surface area contributed by atoms with Gasteiger partial charge in [-0.15, -0.1) is 0 Å². The van der Waals surface area contributed by atoms with Gasteiger partial charge in [-0.05, 0) is 49.9 Å². The Hall–Kier alpha value is -1.74. The van der Waals surface area contributed by atoms with Crippen molar-refractivity contribution in [3.8, 4) is 11.5 Å². The van der Waals surface area contributed by atoms with E-state index in [0.717, 1.165) is 11.5 Å². The van der Waals surface area contributed by atoms with Crippen LogP contribution in [0, 0.1) is 0 Å². The lowest BCUT2D eigenvalue weighted by molar-refractivity contribution is 0.372. The zero-order valence-electron chi connectivity index (χ0n) is 12.1. The van der Waals surface area contributed by atoms with E-state index in [4.69, 9.17) is 8.85 Å². The summed E-state index contributed by atoms with van der Waals surface area (Å²) in [6, 6.07) is 20.4. The molecule has 0 saturated heterocycles. The smallest absolute Gasteiger partial charge is 0.466 e. The van der Waals surface area contributed by atoms with Crippen molar-refractivity contribution in [2.24, 2.45) is 0 Å². The van der Waals surface area contributed by atoms with E-state index in [-0.39, 0.29) is 0 Å². The van der Waals surface area contributed by atoms with Crippen molar-refractivity contribution in [3.05, 3.63) is 60.7 Å². The summed E-state index contributed by atoms with van der Waals surface area (Å²) in [6.45, 7) is 0. The van der Waals surface area contributed by atoms with Crippen LogP contribution < -0.4 is 8.85 Å². The largest absolute Gasteiger partial charge is 0.512 e. The van der Waals surface area contributed by atoms with Gasteiger partial charge in [0.1, 0.15) is 11.5 Å². The highest BCUT2D eigenvalue weighted by Crippen LogP contribution is 2.58. The lowest BCUT2D eigenvalue weighted by Gasteiger charge is -2.32. The first-order valence-electron chi connectivity index (χ1n) is 7.85. The summed E-state index contributed by atoms with van der Waals surface area (Å²) >= 11 is 0. The van der Waals surface area contributed by atoms with Crippen LogP contribution in [0.5, 0.6) is 11.5 Å². The lowest BCUT2D eigenvalue weighted by atomic mass is 10.3. The quantitative estimate of drug-likeness (QED) is 0.705. The van der Waals surface area contributed by atoms with Gasteiger partial charge in [0.2, 0.25) is 0 Å². The summed E-state index contributed by atoms with van der Waals surface area (Å²) < 4.78 is 13.1. The molecule has 0 bridgehead atoms. The van der Waals surface area contributed by atoms with Gasteiger partial charge in [-0.3, -0.25) is 0 Å². The fourth-order valence-electron chi connectivity index (χ4n) is 3.00. The minimum absolute atomic E-state index is 0.658. The van der Waals surface area contributed by atoms with Crippen LogP contribution in [0.2, 0.25) is 11.1 Å². The molecule has 0 spiro atoms. The maximum atomic E-state index is 6.57. The monoisotopic (exact) mass is 296 g/mol. The van der Waals surface area contributed by atoms with Gasteiger partial charge in [0.15, 0.2) is 0 Å². The molecule has 2 fully saturated rings. The Morgan fingerprint density at radius 2 is 1.00 bits per heavy atom. The second kappa shape index (κ2) is 5.23. The van der Waals surface area contributed by atoms with Crippen molar-refractivity contribution < 1.29 is 8.85 Å². The molecular weight excluding hydrogens is 276 g/mol. The van der Waals surface area contributed by atoms with Crippen molar-refractivity contribution in [3.63, 3.8) is 0 Å². The van der Waals surface area contributed by atoms with Gasteiger partial charge >= 0.3 is 8.56 Å². The summed E-state index contributed by atoms with van der Waals surface area (Å²) in [5.74, 6) is 1.94. The van der Waals surface area contributed by atoms with E-state index >= 15 is 0 Å². The lowest BCUT2D eigenvalue weighted by Crippen LogP contribution is -2.50. The Morgan fingerprint density at radius 1 is 0.619 bits per heavy atom. The van der Waals surface area contributed by atoms with E-state index in [2.05, 4.69) is 24.3 Å². The highest BCUT2D eigenvalue weighted by atomic mass is 28.4. The van der Waals surface area contributed by atoms with E-state index in [0.29, 0.717) is 11.1 Å². The molecule has 0 atom stereocenters. The summed E-state index contributed by atoms with van der Waals surface area (Å²) in [6.07, 6.45) is 5.07. The van der Waals surface area contributed by atoms with E-state index in [1.807, 2.05) is 36.4 Å². The van der Waals surface area contributed by atoms with Gasteiger partial charge < -0.3 is 8.85 Å². The Bertz CT molecular complexity index is 536. The van der Waals surface area contributed by atoms with Crippen molar-refractivity contribution in [1.82, 2.24) is 0 Å². The van der Waals surface area contributed by atoms with Crippen LogP contribution in [0.1, 0.15) is 25.7 Å². The van der Waals surface area contributed by atoms with Crippen LogP contribution in [-0.4, -0.2) is 8.56 Å². The Morgan fingerprint density at radius 3 is 1.33 bits per heavy atom. The first kappa shape index (κ1) is 13.0. The first-order valence-corrected chi connectivity index (χ1v) is 9.82. The molecule has 0 unspecified atom stereocenters. The average molecular weight is 296 g/mol. The number of hydrogen-bond acceptors (Lipinski definition) is 2. The topological polar surface area (TPSA) is 18.5 Å². The molecule has 3 heteroatoms. The molecule has 4 rings (SSSR count). The molecule has 2 nitrogen and oxygen atoms in total. The Kier molecular flexibility index (Phi) is 3.22. The standard InChI is InChI=1S/C18H20O2Si/c1-3-7-15(8-4-1)19-21(17-11-12-17,18-13-14-18)20-16-9-5-2-6-10-16/h1-10,17-18H,11-14H2. The normalized spacial score (nSPS) is 18.3. The van der Waals surface area contributed by atoms with Gasteiger partial charge in [-0.25, -0.2) is 0 Å². The highest BCUT2D eigenvalue weighted by molar-refractivity contribution is 6.73. The number of para-hydroxylation sites is 2. The summed E-state index contributed by atoms with van der Waals surface area (Å²) in [5.41, 5.74) is 1.32. The summed E-state index contributed by atoms with van der Waals surface area (Å²) in [5, 5.41) is 0. The fourth-order valence-corrected chi connectivity index (χ4v) is 7.33. The summed E-state index contributed by atoms with van der Waals surface area (Å²) in [7, 11) is -2.21. The zero-order chi connectivity index (χ0) is 14.1. The van der Waals surface area contributed by atoms with Gasteiger partial charge in [-0.1, -0.05) is 36.4 Å². The zero-order valence-corrected chi connectivity index (χ0v) is 13.1. The average Bonchev–Trinajstić information content (AvgIpc) is 3.42. The van der Waals surface area contributed by atoms with Crippen LogP contribution in [-0.2, 0) is 0 Å². The van der Waals surface area contributed by atoms with Gasteiger partial charge in [0.05, 0.1) is 0 Å².